The highest BCUT2D eigenvalue weighted by Gasteiger charge is 2.07. The van der Waals surface area contributed by atoms with E-state index in [9.17, 15) is 0 Å². The largest absolute Gasteiger partial charge is 0.436 e. The Bertz CT molecular complexity index is 572. The summed E-state index contributed by atoms with van der Waals surface area (Å²) in [4.78, 5) is 4.02. The summed E-state index contributed by atoms with van der Waals surface area (Å²) in [7, 11) is 0. The molecule has 0 unspecified atom stereocenters. The molecule has 1 aromatic heterocycles. The van der Waals surface area contributed by atoms with Crippen molar-refractivity contribution in [1.29, 1.82) is 5.26 Å². The van der Waals surface area contributed by atoms with Crippen LogP contribution in [0.25, 0.3) is 0 Å². The summed E-state index contributed by atoms with van der Waals surface area (Å²) in [6.07, 6.45) is 1.51. The quantitative estimate of drug-likeness (QED) is 0.863. The highest BCUT2D eigenvalue weighted by molar-refractivity contribution is 9.10. The lowest BCUT2D eigenvalue weighted by Gasteiger charge is -2.09. The van der Waals surface area contributed by atoms with E-state index >= 15 is 0 Å². The summed E-state index contributed by atoms with van der Waals surface area (Å²) in [5.41, 5.74) is 6.78. The maximum absolute atomic E-state index is 8.77. The first-order chi connectivity index (χ1) is 8.20. The summed E-state index contributed by atoms with van der Waals surface area (Å²) in [6.45, 7) is 0. The van der Waals surface area contributed by atoms with E-state index in [0.717, 1.165) is 4.47 Å². The summed E-state index contributed by atoms with van der Waals surface area (Å²) in [6, 6.07) is 10.5. The molecule has 0 aliphatic rings. The van der Waals surface area contributed by atoms with Crippen LogP contribution < -0.4 is 10.5 Å². The first-order valence-corrected chi connectivity index (χ1v) is 5.58. The fraction of sp³-hybridized carbons (Fsp3) is 0. The fourth-order valence-electron chi connectivity index (χ4n) is 1.27. The van der Waals surface area contributed by atoms with Crippen molar-refractivity contribution in [2.75, 3.05) is 5.73 Å². The van der Waals surface area contributed by atoms with E-state index in [1.165, 1.54) is 6.20 Å². The highest BCUT2D eigenvalue weighted by atomic mass is 79.9. The van der Waals surface area contributed by atoms with E-state index in [-0.39, 0.29) is 0 Å². The minimum absolute atomic E-state index is 0.336. The predicted molar refractivity (Wildman–Crippen MR) is 67.6 cm³/mol. The maximum Gasteiger partial charge on any atom is 0.220 e. The van der Waals surface area contributed by atoms with Gasteiger partial charge in [0.05, 0.1) is 21.8 Å². The van der Waals surface area contributed by atoms with Crippen molar-refractivity contribution >= 4 is 21.6 Å². The molecule has 0 bridgehead atoms. The molecule has 17 heavy (non-hydrogen) atoms. The van der Waals surface area contributed by atoms with Gasteiger partial charge in [-0.3, -0.25) is 0 Å². The Kier molecular flexibility index (Phi) is 3.26. The van der Waals surface area contributed by atoms with Crippen molar-refractivity contribution in [2.45, 2.75) is 0 Å². The normalized spacial score (nSPS) is 9.65. The molecule has 0 aliphatic carbocycles. The number of halogens is 1. The number of anilines is 1. The van der Waals surface area contributed by atoms with E-state index in [0.29, 0.717) is 22.9 Å². The number of hydrogen-bond donors (Lipinski definition) is 1. The molecule has 0 amide bonds. The van der Waals surface area contributed by atoms with Crippen molar-refractivity contribution in [1.82, 2.24) is 4.98 Å². The van der Waals surface area contributed by atoms with Gasteiger partial charge in [0, 0.05) is 12.3 Å². The Morgan fingerprint density at radius 3 is 2.88 bits per heavy atom. The number of hydrogen-bond acceptors (Lipinski definition) is 4. The molecule has 2 N–H and O–H groups in total. The van der Waals surface area contributed by atoms with Crippen LogP contribution in [0, 0.1) is 11.3 Å². The molecule has 2 aromatic rings. The summed E-state index contributed by atoms with van der Waals surface area (Å²) in [5.74, 6) is 0.831. The number of benzene rings is 1. The number of nitrogens with zero attached hydrogens (tertiary/aromatic N) is 2. The molecule has 0 saturated carbocycles. The molecule has 4 nitrogen and oxygen atoms in total. The molecule has 0 aliphatic heterocycles. The zero-order chi connectivity index (χ0) is 12.3. The van der Waals surface area contributed by atoms with Gasteiger partial charge >= 0.3 is 0 Å². The zero-order valence-corrected chi connectivity index (χ0v) is 10.3. The molecule has 0 saturated heterocycles. The van der Waals surface area contributed by atoms with Gasteiger partial charge in [0.2, 0.25) is 5.88 Å². The lowest BCUT2D eigenvalue weighted by Crippen LogP contribution is -1.94. The number of rotatable bonds is 2. The number of aromatic nitrogens is 1. The molecular formula is C12H8BrN3O. The van der Waals surface area contributed by atoms with Gasteiger partial charge in [-0.25, -0.2) is 4.98 Å². The zero-order valence-electron chi connectivity index (χ0n) is 8.72. The van der Waals surface area contributed by atoms with Gasteiger partial charge in [-0.2, -0.15) is 5.26 Å². The third-order valence-electron chi connectivity index (χ3n) is 2.07. The number of nitrogens with two attached hydrogens (primary N) is 1. The van der Waals surface area contributed by atoms with Crippen LogP contribution in [-0.4, -0.2) is 4.98 Å². The van der Waals surface area contributed by atoms with Crippen LogP contribution >= 0.6 is 15.9 Å². The highest BCUT2D eigenvalue weighted by Crippen LogP contribution is 2.34. The predicted octanol–water partition coefficient (Wildman–Crippen LogP) is 3.09. The lowest BCUT2D eigenvalue weighted by molar-refractivity contribution is 0.462. The standard InChI is InChI=1S/C12H8BrN3O/c13-9-2-1-3-10(15)12(9)17-11-6-8(7-14)4-5-16-11/h1-6H,15H2. The van der Waals surface area contributed by atoms with Crippen molar-refractivity contribution < 1.29 is 4.74 Å². The van der Waals surface area contributed by atoms with Gasteiger partial charge in [0.1, 0.15) is 0 Å². The second-order valence-corrected chi connectivity index (χ2v) is 4.11. The molecule has 0 spiro atoms. The summed E-state index contributed by atoms with van der Waals surface area (Å²) >= 11 is 3.34. The molecule has 1 heterocycles. The van der Waals surface area contributed by atoms with Crippen LogP contribution in [-0.2, 0) is 0 Å². The fourth-order valence-corrected chi connectivity index (χ4v) is 1.74. The molecule has 0 radical (unpaired) electrons. The smallest absolute Gasteiger partial charge is 0.220 e. The minimum Gasteiger partial charge on any atom is -0.436 e. The van der Waals surface area contributed by atoms with E-state index < -0.39 is 0 Å². The molecule has 2 rings (SSSR count). The first kappa shape index (κ1) is 11.4. The van der Waals surface area contributed by atoms with E-state index in [1.54, 1.807) is 18.2 Å². The van der Waals surface area contributed by atoms with E-state index in [2.05, 4.69) is 20.9 Å². The minimum atomic E-state index is 0.336. The van der Waals surface area contributed by atoms with Crippen LogP contribution in [0.4, 0.5) is 5.69 Å². The molecule has 0 fully saturated rings. The van der Waals surface area contributed by atoms with Crippen LogP contribution in [0.2, 0.25) is 0 Å². The average molecular weight is 290 g/mol. The van der Waals surface area contributed by atoms with Crippen LogP contribution in [0.5, 0.6) is 11.6 Å². The van der Waals surface area contributed by atoms with Crippen LogP contribution in [0.3, 0.4) is 0 Å². The monoisotopic (exact) mass is 289 g/mol. The third-order valence-corrected chi connectivity index (χ3v) is 2.69. The summed E-state index contributed by atoms with van der Waals surface area (Å²) < 4.78 is 6.29. The molecular weight excluding hydrogens is 282 g/mol. The number of ether oxygens (including phenoxy) is 1. The van der Waals surface area contributed by atoms with E-state index in [1.807, 2.05) is 18.2 Å². The SMILES string of the molecule is N#Cc1ccnc(Oc2c(N)cccc2Br)c1. The van der Waals surface area contributed by atoms with Crippen LogP contribution in [0.15, 0.2) is 41.0 Å². The number of pyridine rings is 1. The Morgan fingerprint density at radius 1 is 1.35 bits per heavy atom. The maximum atomic E-state index is 8.77. The second kappa shape index (κ2) is 4.85. The number of nitrogen functional groups attached to an aromatic ring is 1. The van der Waals surface area contributed by atoms with Gasteiger partial charge in [0.25, 0.3) is 0 Å². The van der Waals surface area contributed by atoms with Crippen molar-refractivity contribution in [3.8, 4) is 17.7 Å². The van der Waals surface area contributed by atoms with Crippen molar-refractivity contribution in [2.24, 2.45) is 0 Å². The Labute approximate surface area is 107 Å². The lowest BCUT2D eigenvalue weighted by atomic mass is 10.3. The van der Waals surface area contributed by atoms with Gasteiger partial charge in [-0.05, 0) is 34.1 Å². The molecule has 0 atom stereocenters. The first-order valence-electron chi connectivity index (χ1n) is 4.78. The Balaban J connectivity index is 2.35. The van der Waals surface area contributed by atoms with Gasteiger partial charge < -0.3 is 10.5 Å². The van der Waals surface area contributed by atoms with Gasteiger partial charge in [-0.15, -0.1) is 0 Å². The topological polar surface area (TPSA) is 71.9 Å². The Hall–Kier alpha value is -2.06. The third kappa shape index (κ3) is 2.55. The van der Waals surface area contributed by atoms with Crippen LogP contribution in [0.1, 0.15) is 5.56 Å². The van der Waals surface area contributed by atoms with Gasteiger partial charge in [0.15, 0.2) is 5.75 Å². The number of para-hydroxylation sites is 1. The Morgan fingerprint density at radius 2 is 2.18 bits per heavy atom. The second-order valence-electron chi connectivity index (χ2n) is 3.25. The van der Waals surface area contributed by atoms with Gasteiger partial charge in [-0.1, -0.05) is 6.07 Å². The van der Waals surface area contributed by atoms with E-state index in [4.69, 9.17) is 15.7 Å². The number of nitriles is 1. The average Bonchev–Trinajstić information content (AvgIpc) is 2.34. The molecule has 5 heteroatoms. The molecule has 84 valence electrons. The molecule has 1 aromatic carbocycles. The van der Waals surface area contributed by atoms with Crippen molar-refractivity contribution in [3.63, 3.8) is 0 Å². The van der Waals surface area contributed by atoms with Crippen molar-refractivity contribution in [3.05, 3.63) is 46.6 Å². The summed E-state index contributed by atoms with van der Waals surface area (Å²) in [5, 5.41) is 8.77.